The highest BCUT2D eigenvalue weighted by atomic mass is 16.5. The molecule has 2 aliphatic heterocycles. The zero-order valence-corrected chi connectivity index (χ0v) is 14.4. The van der Waals surface area contributed by atoms with Gasteiger partial charge in [0.15, 0.2) is 0 Å². The summed E-state index contributed by atoms with van der Waals surface area (Å²) in [6.07, 6.45) is 4.56. The van der Waals surface area contributed by atoms with E-state index in [0.29, 0.717) is 13.2 Å². The summed E-state index contributed by atoms with van der Waals surface area (Å²) in [4.78, 5) is 15.3. The second-order valence-corrected chi connectivity index (χ2v) is 7.57. The van der Waals surface area contributed by atoms with Crippen molar-refractivity contribution in [3.63, 3.8) is 0 Å². The van der Waals surface area contributed by atoms with Crippen molar-refractivity contribution in [1.29, 1.82) is 0 Å². The molecule has 25 heavy (non-hydrogen) atoms. The summed E-state index contributed by atoms with van der Waals surface area (Å²) in [7, 11) is 0. The van der Waals surface area contributed by atoms with Gasteiger partial charge in [-0.2, -0.15) is 0 Å². The molecule has 2 fully saturated rings. The van der Waals surface area contributed by atoms with E-state index in [9.17, 15) is 4.79 Å². The monoisotopic (exact) mass is 338 g/mol. The third-order valence-electron chi connectivity index (χ3n) is 5.98. The third kappa shape index (κ3) is 2.31. The summed E-state index contributed by atoms with van der Waals surface area (Å²) >= 11 is 0. The largest absolute Gasteiger partial charge is 0.368 e. The van der Waals surface area contributed by atoms with Crippen LogP contribution in [0.4, 0.5) is 0 Å². The number of benzene rings is 1. The van der Waals surface area contributed by atoms with Crippen LogP contribution in [0.2, 0.25) is 0 Å². The number of hydrogen-bond donors (Lipinski definition) is 0. The number of carbonyl (C=O) groups excluding carboxylic acids is 1. The van der Waals surface area contributed by atoms with Crippen molar-refractivity contribution in [3.8, 4) is 0 Å². The van der Waals surface area contributed by atoms with Crippen LogP contribution >= 0.6 is 0 Å². The van der Waals surface area contributed by atoms with E-state index in [-0.39, 0.29) is 23.5 Å². The van der Waals surface area contributed by atoms with E-state index in [1.807, 2.05) is 9.58 Å². The first-order chi connectivity index (χ1) is 12.2. The molecule has 2 aromatic rings. The minimum absolute atomic E-state index is 0.0146. The number of ether oxygens (including phenoxy) is 1. The summed E-state index contributed by atoms with van der Waals surface area (Å²) in [5.41, 5.74) is 3.12. The van der Waals surface area contributed by atoms with Crippen LogP contribution in [0, 0.1) is 6.92 Å². The Balaban J connectivity index is 1.35. The van der Waals surface area contributed by atoms with Crippen LogP contribution in [0.3, 0.4) is 0 Å². The molecule has 3 aliphatic rings. The maximum Gasteiger partial charge on any atom is 0.233 e. The van der Waals surface area contributed by atoms with Crippen molar-refractivity contribution in [2.75, 3.05) is 13.1 Å². The van der Waals surface area contributed by atoms with Gasteiger partial charge in [0.1, 0.15) is 0 Å². The van der Waals surface area contributed by atoms with Gasteiger partial charge in [-0.15, -0.1) is 5.10 Å². The molecule has 0 bridgehead atoms. The van der Waals surface area contributed by atoms with Crippen LogP contribution in [-0.2, 0) is 21.6 Å². The van der Waals surface area contributed by atoms with Gasteiger partial charge in [-0.05, 0) is 31.7 Å². The molecular weight excluding hydrogens is 316 g/mol. The van der Waals surface area contributed by atoms with Gasteiger partial charge in [-0.3, -0.25) is 4.79 Å². The highest BCUT2D eigenvalue weighted by Crippen LogP contribution is 2.50. The Morgan fingerprint density at radius 1 is 1.28 bits per heavy atom. The molecule has 2 atom stereocenters. The van der Waals surface area contributed by atoms with Crippen molar-refractivity contribution in [1.82, 2.24) is 19.9 Å². The molecule has 3 heterocycles. The zero-order valence-electron chi connectivity index (χ0n) is 14.4. The Kier molecular flexibility index (Phi) is 3.25. The standard InChI is InChI=1S/C19H22N4O2/c1-13-2-4-14(5-3-13)19(7-8-19)18(24)22-9-6-16-17(11-22)25-12-15-10-20-21-23(15)16/h2-5,10,16-17H,6-9,11-12H2,1H3/t16-,17-/m0/s1. The fraction of sp³-hybridized carbons (Fsp3) is 0.526. The molecule has 130 valence electrons. The number of carbonyl (C=O) groups is 1. The first-order valence-corrected chi connectivity index (χ1v) is 9.05. The Labute approximate surface area is 146 Å². The molecule has 1 saturated heterocycles. The van der Waals surface area contributed by atoms with Crippen molar-refractivity contribution in [2.45, 2.75) is 50.4 Å². The highest BCUT2D eigenvalue weighted by Gasteiger charge is 2.54. The van der Waals surface area contributed by atoms with Crippen LogP contribution in [0.25, 0.3) is 0 Å². The lowest BCUT2D eigenvalue weighted by atomic mass is 9.91. The summed E-state index contributed by atoms with van der Waals surface area (Å²) in [5, 5.41) is 8.21. The summed E-state index contributed by atoms with van der Waals surface area (Å²) in [6.45, 7) is 4.01. The Morgan fingerprint density at radius 2 is 2.08 bits per heavy atom. The predicted octanol–water partition coefficient (Wildman–Crippen LogP) is 1.99. The Morgan fingerprint density at radius 3 is 2.84 bits per heavy atom. The lowest BCUT2D eigenvalue weighted by Crippen LogP contribution is -2.52. The first-order valence-electron chi connectivity index (χ1n) is 9.05. The van der Waals surface area contributed by atoms with Gasteiger partial charge in [0.05, 0.1) is 36.1 Å². The maximum atomic E-state index is 13.3. The molecule has 1 aliphatic carbocycles. The quantitative estimate of drug-likeness (QED) is 0.840. The topological polar surface area (TPSA) is 60.3 Å². The van der Waals surface area contributed by atoms with Crippen molar-refractivity contribution >= 4 is 5.91 Å². The lowest BCUT2D eigenvalue weighted by molar-refractivity contribution is -0.142. The van der Waals surface area contributed by atoms with Crippen molar-refractivity contribution < 1.29 is 9.53 Å². The van der Waals surface area contributed by atoms with E-state index < -0.39 is 0 Å². The number of fused-ring (bicyclic) bond motifs is 3. The van der Waals surface area contributed by atoms with Crippen LogP contribution in [0.15, 0.2) is 30.5 Å². The van der Waals surface area contributed by atoms with Gasteiger partial charge < -0.3 is 9.64 Å². The van der Waals surface area contributed by atoms with Crippen LogP contribution in [-0.4, -0.2) is 45.0 Å². The fourth-order valence-corrected chi connectivity index (χ4v) is 4.30. The van der Waals surface area contributed by atoms with E-state index in [1.54, 1.807) is 6.20 Å². The van der Waals surface area contributed by atoms with Crippen LogP contribution < -0.4 is 0 Å². The van der Waals surface area contributed by atoms with Gasteiger partial charge in [0, 0.05) is 13.1 Å². The van der Waals surface area contributed by atoms with E-state index >= 15 is 0 Å². The average molecular weight is 338 g/mol. The van der Waals surface area contributed by atoms with Crippen molar-refractivity contribution in [2.24, 2.45) is 0 Å². The molecule has 0 N–H and O–H groups in total. The number of rotatable bonds is 2. The van der Waals surface area contributed by atoms with Gasteiger partial charge in [0.25, 0.3) is 0 Å². The number of aromatic nitrogens is 3. The molecule has 1 aromatic heterocycles. The molecule has 6 nitrogen and oxygen atoms in total. The van der Waals surface area contributed by atoms with E-state index in [4.69, 9.17) is 4.74 Å². The SMILES string of the molecule is Cc1ccc(C2(C(=O)N3CC[C@H]4[C@H](C3)OCc3cnnn34)CC2)cc1. The summed E-state index contributed by atoms with van der Waals surface area (Å²) < 4.78 is 8.00. The molecule has 1 amide bonds. The molecule has 0 spiro atoms. The fourth-order valence-electron chi connectivity index (χ4n) is 4.30. The Hall–Kier alpha value is -2.21. The normalized spacial score (nSPS) is 26.7. The number of likely N-dealkylation sites (tertiary alicyclic amines) is 1. The lowest BCUT2D eigenvalue weighted by Gasteiger charge is -2.42. The molecular formula is C19H22N4O2. The molecule has 6 heteroatoms. The van der Waals surface area contributed by atoms with E-state index in [0.717, 1.165) is 37.1 Å². The molecule has 0 radical (unpaired) electrons. The smallest absolute Gasteiger partial charge is 0.233 e. The second-order valence-electron chi connectivity index (χ2n) is 7.57. The predicted molar refractivity (Wildman–Crippen MR) is 90.9 cm³/mol. The van der Waals surface area contributed by atoms with Crippen LogP contribution in [0.5, 0.6) is 0 Å². The zero-order chi connectivity index (χ0) is 17.0. The van der Waals surface area contributed by atoms with Crippen molar-refractivity contribution in [3.05, 3.63) is 47.3 Å². The first kappa shape index (κ1) is 15.1. The van der Waals surface area contributed by atoms with Gasteiger partial charge >= 0.3 is 0 Å². The summed E-state index contributed by atoms with van der Waals surface area (Å²) in [6, 6.07) is 8.64. The van der Waals surface area contributed by atoms with Gasteiger partial charge in [-0.1, -0.05) is 35.0 Å². The number of nitrogens with zero attached hydrogens (tertiary/aromatic N) is 4. The van der Waals surface area contributed by atoms with Crippen LogP contribution in [0.1, 0.15) is 42.1 Å². The Bertz CT molecular complexity index is 809. The number of aryl methyl sites for hydroxylation is 1. The number of amides is 1. The highest BCUT2D eigenvalue weighted by molar-refractivity contribution is 5.91. The number of piperidine rings is 1. The van der Waals surface area contributed by atoms with E-state index in [2.05, 4.69) is 41.5 Å². The van der Waals surface area contributed by atoms with Gasteiger partial charge in [-0.25, -0.2) is 4.68 Å². The second kappa shape index (κ2) is 5.39. The number of hydrogen-bond acceptors (Lipinski definition) is 4. The summed E-state index contributed by atoms with van der Waals surface area (Å²) in [5.74, 6) is 0.266. The molecule has 1 aromatic carbocycles. The molecule has 5 rings (SSSR count). The van der Waals surface area contributed by atoms with E-state index in [1.165, 1.54) is 5.56 Å². The molecule has 1 saturated carbocycles. The molecule has 0 unspecified atom stereocenters. The van der Waals surface area contributed by atoms with Gasteiger partial charge in [0.2, 0.25) is 5.91 Å². The minimum Gasteiger partial charge on any atom is -0.368 e. The third-order valence-corrected chi connectivity index (χ3v) is 5.98. The maximum absolute atomic E-state index is 13.3. The minimum atomic E-state index is -0.298. The average Bonchev–Trinajstić information content (AvgIpc) is 3.30.